The van der Waals surface area contributed by atoms with Crippen LogP contribution in [0.2, 0.25) is 0 Å². The Morgan fingerprint density at radius 1 is 1.17 bits per heavy atom. The number of benzene rings is 1. The Morgan fingerprint density at radius 2 is 1.89 bits per heavy atom. The summed E-state index contributed by atoms with van der Waals surface area (Å²) in [6.45, 7) is 4.39. The number of rotatable bonds is 5. The average Bonchev–Trinajstić information content (AvgIpc) is 2.84. The fourth-order valence-corrected chi connectivity index (χ4v) is 3.04. The summed E-state index contributed by atoms with van der Waals surface area (Å²) in [6, 6.07) is 13.8. The fraction of sp³-hybridized carbons (Fsp3) is 0.333. The van der Waals surface area contributed by atoms with Crippen LogP contribution in [0.25, 0.3) is 0 Å². The van der Waals surface area contributed by atoms with E-state index in [1.165, 1.54) is 10.4 Å². The summed E-state index contributed by atoms with van der Waals surface area (Å²) in [5.74, 6) is 0. The lowest BCUT2D eigenvalue weighted by atomic mass is 10.0. The van der Waals surface area contributed by atoms with Crippen molar-refractivity contribution in [3.8, 4) is 0 Å². The highest BCUT2D eigenvalue weighted by Crippen LogP contribution is 2.24. The molecule has 1 aromatic carbocycles. The van der Waals surface area contributed by atoms with Gasteiger partial charge in [0.25, 0.3) is 0 Å². The first-order valence-electron chi connectivity index (χ1n) is 6.19. The maximum Gasteiger partial charge on any atom is 0.0457 e. The predicted molar refractivity (Wildman–Crippen MR) is 83.2 cm³/mol. The van der Waals surface area contributed by atoms with Crippen LogP contribution in [0.3, 0.4) is 0 Å². The lowest BCUT2D eigenvalue weighted by molar-refractivity contribution is 0.480. The molecule has 1 N–H and O–H groups in total. The van der Waals surface area contributed by atoms with Gasteiger partial charge in [0.1, 0.15) is 0 Å². The van der Waals surface area contributed by atoms with E-state index in [0.717, 1.165) is 10.9 Å². The number of hydrogen-bond acceptors (Lipinski definition) is 2. The zero-order valence-electron chi connectivity index (χ0n) is 10.7. The minimum Gasteiger partial charge on any atom is -0.307 e. The van der Waals surface area contributed by atoms with Gasteiger partial charge in [-0.25, -0.2) is 0 Å². The van der Waals surface area contributed by atoms with Crippen molar-refractivity contribution in [3.05, 3.63) is 56.7 Å². The minimum atomic E-state index is 0.408. The smallest absolute Gasteiger partial charge is 0.0457 e. The van der Waals surface area contributed by atoms with E-state index in [4.69, 9.17) is 0 Å². The van der Waals surface area contributed by atoms with Gasteiger partial charge in [0.15, 0.2) is 0 Å². The quantitative estimate of drug-likeness (QED) is 0.833. The van der Waals surface area contributed by atoms with Crippen molar-refractivity contribution in [2.24, 2.45) is 0 Å². The summed E-state index contributed by atoms with van der Waals surface area (Å²) in [6.07, 6.45) is 1.03. The zero-order chi connectivity index (χ0) is 13.0. The van der Waals surface area contributed by atoms with Crippen LogP contribution in [0.1, 0.15) is 30.3 Å². The second kappa shape index (κ2) is 6.50. The predicted octanol–water partition coefficient (Wildman–Crippen LogP) is 4.79. The van der Waals surface area contributed by atoms with Crippen molar-refractivity contribution in [2.45, 2.75) is 32.4 Å². The SMILES string of the molecule is CC(C)NC(Cc1ccc(Br)cc1)c1cccs1. The largest absolute Gasteiger partial charge is 0.307 e. The molecule has 0 spiro atoms. The Balaban J connectivity index is 2.12. The average molecular weight is 324 g/mol. The third-order valence-corrected chi connectivity index (χ3v) is 4.29. The maximum absolute atomic E-state index is 3.64. The molecule has 0 bridgehead atoms. The molecule has 0 radical (unpaired) electrons. The van der Waals surface area contributed by atoms with Gasteiger partial charge in [-0.15, -0.1) is 11.3 Å². The van der Waals surface area contributed by atoms with Crippen molar-refractivity contribution in [1.82, 2.24) is 5.32 Å². The van der Waals surface area contributed by atoms with Crippen LogP contribution in [0.5, 0.6) is 0 Å². The number of halogens is 1. The Labute approximate surface area is 121 Å². The van der Waals surface area contributed by atoms with Crippen LogP contribution in [0.4, 0.5) is 0 Å². The number of hydrogen-bond donors (Lipinski definition) is 1. The van der Waals surface area contributed by atoms with Crippen LogP contribution < -0.4 is 5.32 Å². The summed E-state index contributed by atoms with van der Waals surface area (Å²) >= 11 is 5.30. The molecule has 3 heteroatoms. The van der Waals surface area contributed by atoms with E-state index in [2.05, 4.69) is 76.9 Å². The zero-order valence-corrected chi connectivity index (χ0v) is 13.1. The molecule has 1 unspecified atom stereocenters. The normalized spacial score (nSPS) is 12.9. The molecule has 1 heterocycles. The van der Waals surface area contributed by atoms with Crippen LogP contribution in [0, 0.1) is 0 Å². The lowest BCUT2D eigenvalue weighted by Gasteiger charge is -2.20. The first kappa shape index (κ1) is 13.8. The van der Waals surface area contributed by atoms with Crippen molar-refractivity contribution in [2.75, 3.05) is 0 Å². The third kappa shape index (κ3) is 3.94. The van der Waals surface area contributed by atoms with Crippen LogP contribution >= 0.6 is 27.3 Å². The van der Waals surface area contributed by atoms with E-state index in [-0.39, 0.29) is 0 Å². The van der Waals surface area contributed by atoms with E-state index in [1.54, 1.807) is 0 Å². The van der Waals surface area contributed by atoms with Gasteiger partial charge in [-0.3, -0.25) is 0 Å². The topological polar surface area (TPSA) is 12.0 Å². The highest BCUT2D eigenvalue weighted by Gasteiger charge is 2.14. The first-order chi connectivity index (χ1) is 8.65. The second-order valence-corrected chi connectivity index (χ2v) is 6.61. The number of thiophene rings is 1. The standard InChI is InChI=1S/C15H18BrNS/c1-11(2)17-14(15-4-3-9-18-15)10-12-5-7-13(16)8-6-12/h3-9,11,14,17H,10H2,1-2H3. The van der Waals surface area contributed by atoms with Gasteiger partial charge < -0.3 is 5.32 Å². The molecular weight excluding hydrogens is 306 g/mol. The second-order valence-electron chi connectivity index (χ2n) is 4.72. The Morgan fingerprint density at radius 3 is 2.44 bits per heavy atom. The molecule has 0 aliphatic carbocycles. The molecule has 0 amide bonds. The third-order valence-electron chi connectivity index (χ3n) is 2.77. The van der Waals surface area contributed by atoms with Crippen LogP contribution in [0.15, 0.2) is 46.3 Å². The molecule has 0 aliphatic heterocycles. The molecular formula is C15H18BrNS. The molecule has 1 atom stereocenters. The number of nitrogens with one attached hydrogen (secondary N) is 1. The van der Waals surface area contributed by atoms with E-state index < -0.39 is 0 Å². The Hall–Kier alpha value is -0.640. The van der Waals surface area contributed by atoms with Crippen molar-refractivity contribution < 1.29 is 0 Å². The molecule has 2 aromatic rings. The molecule has 0 fully saturated rings. The van der Waals surface area contributed by atoms with E-state index in [0.29, 0.717) is 12.1 Å². The van der Waals surface area contributed by atoms with Gasteiger partial charge in [0.05, 0.1) is 0 Å². The molecule has 1 aromatic heterocycles. The molecule has 2 rings (SSSR count). The fourth-order valence-electron chi connectivity index (χ4n) is 1.99. The molecule has 0 saturated heterocycles. The van der Waals surface area contributed by atoms with Gasteiger partial charge in [-0.2, -0.15) is 0 Å². The van der Waals surface area contributed by atoms with Gasteiger partial charge in [0.2, 0.25) is 0 Å². The summed E-state index contributed by atoms with van der Waals surface area (Å²) in [5, 5.41) is 5.79. The molecule has 1 nitrogen and oxygen atoms in total. The van der Waals surface area contributed by atoms with Crippen molar-refractivity contribution >= 4 is 27.3 Å². The molecule has 96 valence electrons. The first-order valence-corrected chi connectivity index (χ1v) is 7.86. The minimum absolute atomic E-state index is 0.408. The van der Waals surface area contributed by atoms with E-state index >= 15 is 0 Å². The van der Waals surface area contributed by atoms with Crippen molar-refractivity contribution in [1.29, 1.82) is 0 Å². The highest BCUT2D eigenvalue weighted by atomic mass is 79.9. The summed E-state index contributed by atoms with van der Waals surface area (Å²) in [7, 11) is 0. The van der Waals surface area contributed by atoms with Gasteiger partial charge >= 0.3 is 0 Å². The Kier molecular flexibility index (Phi) is 4.98. The molecule has 18 heavy (non-hydrogen) atoms. The van der Waals surface area contributed by atoms with Gasteiger partial charge in [0, 0.05) is 21.4 Å². The lowest BCUT2D eigenvalue weighted by Crippen LogP contribution is -2.29. The molecule has 0 aliphatic rings. The van der Waals surface area contributed by atoms with Gasteiger partial charge in [-0.05, 0) is 35.6 Å². The van der Waals surface area contributed by atoms with Crippen molar-refractivity contribution in [3.63, 3.8) is 0 Å². The monoisotopic (exact) mass is 323 g/mol. The summed E-state index contributed by atoms with van der Waals surface area (Å²) in [4.78, 5) is 1.41. The van der Waals surface area contributed by atoms with E-state index in [9.17, 15) is 0 Å². The van der Waals surface area contributed by atoms with Crippen LogP contribution in [-0.2, 0) is 6.42 Å². The summed E-state index contributed by atoms with van der Waals surface area (Å²) in [5.41, 5.74) is 1.37. The van der Waals surface area contributed by atoms with E-state index in [1.807, 2.05) is 11.3 Å². The Bertz CT molecular complexity index is 462. The highest BCUT2D eigenvalue weighted by molar-refractivity contribution is 9.10. The van der Waals surface area contributed by atoms with Crippen LogP contribution in [-0.4, -0.2) is 6.04 Å². The molecule has 0 saturated carbocycles. The van der Waals surface area contributed by atoms with Gasteiger partial charge in [-0.1, -0.05) is 48.0 Å². The maximum atomic E-state index is 3.64. The summed E-state index contributed by atoms with van der Waals surface area (Å²) < 4.78 is 1.13.